The standard InChI is InChI=1S/C17H17N5O2S/c23-17(14-7-6-13(25-14)11-5-3-9-18-11)20-10-15-21-16(22-24-15)12-4-1-2-8-19-12/h1-2,4,6-8,11,18H,3,5,9-10H2,(H,20,23)/t11-/m1/s1. The summed E-state index contributed by atoms with van der Waals surface area (Å²) in [5, 5.41) is 10.1. The third kappa shape index (κ3) is 3.59. The smallest absolute Gasteiger partial charge is 0.261 e. The van der Waals surface area contributed by atoms with Crippen LogP contribution in [-0.2, 0) is 6.54 Å². The number of hydrogen-bond donors (Lipinski definition) is 2. The van der Waals surface area contributed by atoms with Gasteiger partial charge in [0.2, 0.25) is 11.7 Å². The minimum absolute atomic E-state index is 0.133. The molecule has 8 heteroatoms. The average Bonchev–Trinajstić information content (AvgIpc) is 3.41. The van der Waals surface area contributed by atoms with Crippen molar-refractivity contribution in [1.82, 2.24) is 25.8 Å². The Morgan fingerprint density at radius 2 is 2.32 bits per heavy atom. The first-order chi connectivity index (χ1) is 12.3. The van der Waals surface area contributed by atoms with Crippen LogP contribution >= 0.6 is 11.3 Å². The van der Waals surface area contributed by atoms with E-state index >= 15 is 0 Å². The van der Waals surface area contributed by atoms with Crippen molar-refractivity contribution >= 4 is 17.2 Å². The van der Waals surface area contributed by atoms with Crippen molar-refractivity contribution in [2.75, 3.05) is 6.54 Å². The van der Waals surface area contributed by atoms with Gasteiger partial charge >= 0.3 is 0 Å². The lowest BCUT2D eigenvalue weighted by atomic mass is 10.2. The summed E-state index contributed by atoms with van der Waals surface area (Å²) in [5.41, 5.74) is 0.635. The van der Waals surface area contributed by atoms with Crippen molar-refractivity contribution in [2.24, 2.45) is 0 Å². The van der Waals surface area contributed by atoms with Gasteiger partial charge in [-0.1, -0.05) is 11.2 Å². The van der Waals surface area contributed by atoms with Gasteiger partial charge in [0.15, 0.2) is 0 Å². The van der Waals surface area contributed by atoms with Crippen LogP contribution in [0, 0.1) is 0 Å². The van der Waals surface area contributed by atoms with E-state index in [0.717, 1.165) is 13.0 Å². The molecular weight excluding hydrogens is 338 g/mol. The number of hydrogen-bond acceptors (Lipinski definition) is 7. The van der Waals surface area contributed by atoms with Crippen molar-refractivity contribution in [3.05, 3.63) is 52.2 Å². The molecule has 1 saturated heterocycles. The summed E-state index contributed by atoms with van der Waals surface area (Å²) in [6.07, 6.45) is 3.97. The van der Waals surface area contributed by atoms with Crippen LogP contribution in [-0.4, -0.2) is 27.6 Å². The minimum atomic E-state index is -0.133. The van der Waals surface area contributed by atoms with Crippen molar-refractivity contribution in [1.29, 1.82) is 0 Å². The van der Waals surface area contributed by atoms with Crippen LogP contribution in [0.4, 0.5) is 0 Å². The summed E-state index contributed by atoms with van der Waals surface area (Å²) in [6.45, 7) is 1.23. The lowest BCUT2D eigenvalue weighted by molar-refractivity contribution is 0.0950. The van der Waals surface area contributed by atoms with Crippen molar-refractivity contribution in [3.63, 3.8) is 0 Å². The number of amides is 1. The number of rotatable bonds is 5. The predicted molar refractivity (Wildman–Crippen MR) is 93.0 cm³/mol. The first kappa shape index (κ1) is 15.9. The normalized spacial score (nSPS) is 16.9. The van der Waals surface area contributed by atoms with E-state index < -0.39 is 0 Å². The second-order valence-electron chi connectivity index (χ2n) is 5.76. The van der Waals surface area contributed by atoms with Gasteiger partial charge in [-0.3, -0.25) is 9.78 Å². The molecule has 3 aromatic rings. The van der Waals surface area contributed by atoms with E-state index in [2.05, 4.69) is 25.8 Å². The molecule has 0 aromatic carbocycles. The molecule has 1 aliphatic heterocycles. The summed E-state index contributed by atoms with van der Waals surface area (Å²) in [6, 6.07) is 9.74. The average molecular weight is 355 g/mol. The molecule has 1 amide bonds. The highest BCUT2D eigenvalue weighted by molar-refractivity contribution is 7.14. The van der Waals surface area contributed by atoms with Crippen molar-refractivity contribution in [3.8, 4) is 11.5 Å². The monoisotopic (exact) mass is 355 g/mol. The number of nitrogens with one attached hydrogen (secondary N) is 2. The fraction of sp³-hybridized carbons (Fsp3) is 0.294. The fourth-order valence-corrected chi connectivity index (χ4v) is 3.79. The highest BCUT2D eigenvalue weighted by Crippen LogP contribution is 2.29. The van der Waals surface area contributed by atoms with Gasteiger partial charge in [-0.15, -0.1) is 11.3 Å². The lowest BCUT2D eigenvalue weighted by Crippen LogP contribution is -2.22. The summed E-state index contributed by atoms with van der Waals surface area (Å²) in [4.78, 5) is 22.6. The minimum Gasteiger partial charge on any atom is -0.342 e. The van der Waals surface area contributed by atoms with Crippen LogP contribution in [0.15, 0.2) is 41.1 Å². The Labute approximate surface area is 148 Å². The molecule has 0 aliphatic carbocycles. The maximum Gasteiger partial charge on any atom is 0.261 e. The maximum absolute atomic E-state index is 12.3. The largest absolute Gasteiger partial charge is 0.342 e. The molecule has 0 bridgehead atoms. The molecule has 4 heterocycles. The topological polar surface area (TPSA) is 92.9 Å². The molecule has 3 aromatic heterocycles. The Kier molecular flexibility index (Phi) is 4.53. The van der Waals surface area contributed by atoms with E-state index in [-0.39, 0.29) is 12.5 Å². The highest BCUT2D eigenvalue weighted by atomic mass is 32.1. The fourth-order valence-electron chi connectivity index (χ4n) is 2.76. The Hall–Kier alpha value is -2.58. The van der Waals surface area contributed by atoms with E-state index in [4.69, 9.17) is 4.52 Å². The van der Waals surface area contributed by atoms with Crippen LogP contribution in [0.3, 0.4) is 0 Å². The summed E-state index contributed by atoms with van der Waals surface area (Å²) < 4.78 is 5.17. The van der Waals surface area contributed by atoms with Gasteiger partial charge in [0.1, 0.15) is 5.69 Å². The SMILES string of the molecule is O=C(NCc1nc(-c2ccccn2)no1)c1ccc([C@H]2CCCN2)s1. The Bertz CT molecular complexity index is 855. The van der Waals surface area contributed by atoms with Crippen molar-refractivity contribution < 1.29 is 9.32 Å². The van der Waals surface area contributed by atoms with E-state index in [1.54, 1.807) is 12.3 Å². The van der Waals surface area contributed by atoms with E-state index in [0.29, 0.717) is 28.3 Å². The zero-order valence-electron chi connectivity index (χ0n) is 13.4. The van der Waals surface area contributed by atoms with Crippen LogP contribution in [0.25, 0.3) is 11.5 Å². The zero-order chi connectivity index (χ0) is 17.1. The molecule has 0 saturated carbocycles. The Morgan fingerprint density at radius 1 is 1.36 bits per heavy atom. The van der Waals surface area contributed by atoms with Crippen LogP contribution in [0.1, 0.15) is 39.3 Å². The summed E-state index contributed by atoms with van der Waals surface area (Å²) in [7, 11) is 0. The van der Waals surface area contributed by atoms with Gasteiger partial charge in [-0.25, -0.2) is 0 Å². The second-order valence-corrected chi connectivity index (χ2v) is 6.88. The van der Waals surface area contributed by atoms with Gasteiger partial charge < -0.3 is 15.2 Å². The first-order valence-electron chi connectivity index (χ1n) is 8.15. The molecule has 128 valence electrons. The van der Waals surface area contributed by atoms with Crippen LogP contribution < -0.4 is 10.6 Å². The predicted octanol–water partition coefficient (Wildman–Crippen LogP) is 2.55. The number of carbonyl (C=O) groups is 1. The zero-order valence-corrected chi connectivity index (χ0v) is 14.3. The molecule has 25 heavy (non-hydrogen) atoms. The van der Waals surface area contributed by atoms with Gasteiger partial charge in [0.05, 0.1) is 11.4 Å². The molecule has 1 atom stereocenters. The number of nitrogens with zero attached hydrogens (tertiary/aromatic N) is 3. The van der Waals surface area contributed by atoms with E-state index in [1.807, 2.05) is 24.3 Å². The first-order valence-corrected chi connectivity index (χ1v) is 8.96. The van der Waals surface area contributed by atoms with Gasteiger partial charge in [-0.2, -0.15) is 4.98 Å². The van der Waals surface area contributed by atoms with Gasteiger partial charge in [0, 0.05) is 17.1 Å². The Balaban J connectivity index is 1.37. The van der Waals surface area contributed by atoms with E-state index in [1.165, 1.54) is 22.6 Å². The quantitative estimate of drug-likeness (QED) is 0.731. The third-order valence-electron chi connectivity index (χ3n) is 4.02. The third-order valence-corrected chi connectivity index (χ3v) is 5.21. The molecule has 7 nitrogen and oxygen atoms in total. The van der Waals surface area contributed by atoms with Crippen LogP contribution in [0.2, 0.25) is 0 Å². The number of carbonyl (C=O) groups excluding carboxylic acids is 1. The molecule has 1 fully saturated rings. The molecule has 4 rings (SSSR count). The number of thiophene rings is 1. The second kappa shape index (κ2) is 7.12. The maximum atomic E-state index is 12.3. The summed E-state index contributed by atoms with van der Waals surface area (Å²) >= 11 is 1.52. The number of aromatic nitrogens is 3. The van der Waals surface area contributed by atoms with Gasteiger partial charge in [0.25, 0.3) is 5.91 Å². The molecule has 0 radical (unpaired) electrons. The molecule has 1 aliphatic rings. The molecule has 0 spiro atoms. The van der Waals surface area contributed by atoms with Gasteiger partial charge in [-0.05, 0) is 43.7 Å². The van der Waals surface area contributed by atoms with E-state index in [9.17, 15) is 4.79 Å². The molecule has 2 N–H and O–H groups in total. The van der Waals surface area contributed by atoms with Crippen LogP contribution in [0.5, 0.6) is 0 Å². The molecule has 0 unspecified atom stereocenters. The number of pyridine rings is 1. The summed E-state index contributed by atoms with van der Waals surface area (Å²) in [5.74, 6) is 0.630. The Morgan fingerprint density at radius 3 is 3.12 bits per heavy atom. The highest BCUT2D eigenvalue weighted by Gasteiger charge is 2.20. The van der Waals surface area contributed by atoms with Crippen molar-refractivity contribution in [2.45, 2.75) is 25.4 Å². The molecular formula is C17H17N5O2S. The lowest BCUT2D eigenvalue weighted by Gasteiger charge is -2.05.